The maximum Gasteiger partial charge on any atom is 0.240 e. The van der Waals surface area contributed by atoms with Gasteiger partial charge in [0.2, 0.25) is 11.8 Å². The third-order valence-corrected chi connectivity index (χ3v) is 3.59. The van der Waals surface area contributed by atoms with Crippen molar-refractivity contribution in [2.75, 3.05) is 0 Å². The molecule has 0 aromatic carbocycles. The van der Waals surface area contributed by atoms with Gasteiger partial charge >= 0.3 is 0 Å². The zero-order chi connectivity index (χ0) is 11.5. The van der Waals surface area contributed by atoms with Crippen LogP contribution in [0.1, 0.15) is 12.8 Å². The highest BCUT2D eigenvalue weighted by atomic mass is 35.5. The van der Waals surface area contributed by atoms with Gasteiger partial charge in [0.25, 0.3) is 0 Å². The first-order chi connectivity index (χ1) is 7.65. The molecular formula is C10H9ClN2O2S. The molecule has 1 saturated heterocycles. The minimum absolute atomic E-state index is 0.203. The summed E-state index contributed by atoms with van der Waals surface area (Å²) in [5, 5.41) is 3.36. The van der Waals surface area contributed by atoms with E-state index in [1.807, 2.05) is 0 Å². The number of rotatable bonds is 2. The van der Waals surface area contributed by atoms with Crippen LogP contribution in [0, 0.1) is 0 Å². The first-order valence-corrected chi connectivity index (χ1v) is 6.03. The van der Waals surface area contributed by atoms with Gasteiger partial charge in [0.15, 0.2) is 0 Å². The lowest BCUT2D eigenvalue weighted by atomic mass is 10.1. The van der Waals surface area contributed by atoms with Gasteiger partial charge in [0.05, 0.1) is 15.3 Å². The monoisotopic (exact) mass is 256 g/mol. The second-order valence-corrected chi connectivity index (χ2v) is 5.03. The Labute approximate surface area is 102 Å². The molecule has 84 valence electrons. The molecule has 2 amide bonds. The summed E-state index contributed by atoms with van der Waals surface area (Å²) in [4.78, 5) is 26.5. The van der Waals surface area contributed by atoms with Crippen LogP contribution in [0.5, 0.6) is 0 Å². The highest BCUT2D eigenvalue weighted by Gasteiger charge is 2.27. The molecular weight excluding hydrogens is 248 g/mol. The molecule has 1 aromatic heterocycles. The van der Waals surface area contributed by atoms with E-state index in [4.69, 9.17) is 11.6 Å². The molecule has 0 radical (unpaired) electrons. The molecule has 1 unspecified atom stereocenters. The molecule has 0 bridgehead atoms. The van der Waals surface area contributed by atoms with E-state index in [0.29, 0.717) is 17.9 Å². The second kappa shape index (κ2) is 4.84. The number of pyridine rings is 1. The smallest absolute Gasteiger partial charge is 0.240 e. The maximum atomic E-state index is 11.5. The van der Waals surface area contributed by atoms with E-state index in [1.54, 1.807) is 12.1 Å². The summed E-state index contributed by atoms with van der Waals surface area (Å²) >= 11 is 7.06. The fraction of sp³-hybridized carbons (Fsp3) is 0.300. The molecule has 0 spiro atoms. The van der Waals surface area contributed by atoms with Crippen LogP contribution in [-0.4, -0.2) is 22.0 Å². The lowest BCUT2D eigenvalue weighted by molar-refractivity contribution is -0.132. The van der Waals surface area contributed by atoms with Crippen LogP contribution < -0.4 is 5.32 Å². The number of hydrogen-bond acceptors (Lipinski definition) is 4. The zero-order valence-electron chi connectivity index (χ0n) is 8.27. The molecule has 16 heavy (non-hydrogen) atoms. The predicted octanol–water partition coefficient (Wildman–Crippen LogP) is 1.63. The van der Waals surface area contributed by atoms with E-state index in [9.17, 15) is 9.59 Å². The summed E-state index contributed by atoms with van der Waals surface area (Å²) in [6.07, 6.45) is 2.48. The number of imide groups is 1. The topological polar surface area (TPSA) is 59.1 Å². The van der Waals surface area contributed by atoms with Crippen LogP contribution in [0.3, 0.4) is 0 Å². The molecule has 4 nitrogen and oxygen atoms in total. The Bertz CT molecular complexity index is 421. The number of aromatic nitrogens is 1. The van der Waals surface area contributed by atoms with Gasteiger partial charge in [-0.15, -0.1) is 0 Å². The minimum atomic E-state index is -0.244. The largest absolute Gasteiger partial charge is 0.295 e. The number of carbonyl (C=O) groups excluding carboxylic acids is 2. The van der Waals surface area contributed by atoms with Crippen LogP contribution in [-0.2, 0) is 9.59 Å². The fourth-order valence-corrected chi connectivity index (χ4v) is 2.43. The molecule has 6 heteroatoms. The Kier molecular flexibility index (Phi) is 3.46. The minimum Gasteiger partial charge on any atom is -0.295 e. The Morgan fingerprint density at radius 3 is 2.88 bits per heavy atom. The summed E-state index contributed by atoms with van der Waals surface area (Å²) in [7, 11) is 0. The maximum absolute atomic E-state index is 11.5. The van der Waals surface area contributed by atoms with Crippen molar-refractivity contribution in [1.82, 2.24) is 10.3 Å². The van der Waals surface area contributed by atoms with Gasteiger partial charge in [-0.3, -0.25) is 14.9 Å². The van der Waals surface area contributed by atoms with Crippen LogP contribution in [0.25, 0.3) is 0 Å². The summed E-state index contributed by atoms with van der Waals surface area (Å²) in [5.74, 6) is -0.441. The normalized spacial score (nSPS) is 20.7. The standard InChI is InChI=1S/C10H9ClN2O2S/c11-6-1-4-9(12-5-6)16-7-2-3-8(14)13-10(7)15/h1,4-5,7H,2-3H2,(H,13,14,15). The van der Waals surface area contributed by atoms with Crippen molar-refractivity contribution >= 4 is 35.2 Å². The summed E-state index contributed by atoms with van der Waals surface area (Å²) < 4.78 is 0. The Hall–Kier alpha value is -1.07. The number of nitrogens with zero attached hydrogens (tertiary/aromatic N) is 1. The van der Waals surface area contributed by atoms with Gasteiger partial charge in [-0.1, -0.05) is 23.4 Å². The van der Waals surface area contributed by atoms with Crippen molar-refractivity contribution in [3.05, 3.63) is 23.4 Å². The SMILES string of the molecule is O=C1CCC(Sc2ccc(Cl)cn2)C(=O)N1. The number of thioether (sulfide) groups is 1. The Morgan fingerprint density at radius 2 is 2.25 bits per heavy atom. The van der Waals surface area contributed by atoms with Gasteiger partial charge in [0.1, 0.15) is 0 Å². The summed E-state index contributed by atoms with van der Waals surface area (Å²) in [6.45, 7) is 0. The van der Waals surface area contributed by atoms with Crippen LogP contribution in [0.2, 0.25) is 5.02 Å². The number of halogens is 1. The van der Waals surface area contributed by atoms with E-state index in [2.05, 4.69) is 10.3 Å². The molecule has 1 atom stereocenters. The third kappa shape index (κ3) is 2.74. The average Bonchev–Trinajstić information content (AvgIpc) is 2.25. The van der Waals surface area contributed by atoms with Crippen molar-refractivity contribution < 1.29 is 9.59 Å². The van der Waals surface area contributed by atoms with Gasteiger partial charge in [0, 0.05) is 12.6 Å². The average molecular weight is 257 g/mol. The lowest BCUT2D eigenvalue weighted by Crippen LogP contribution is -2.42. The van der Waals surface area contributed by atoms with E-state index in [0.717, 1.165) is 5.03 Å². The van der Waals surface area contributed by atoms with Crippen LogP contribution in [0.15, 0.2) is 23.4 Å². The predicted molar refractivity (Wildman–Crippen MR) is 61.3 cm³/mol. The van der Waals surface area contributed by atoms with Gasteiger partial charge in [-0.25, -0.2) is 4.98 Å². The molecule has 1 aliphatic heterocycles. The molecule has 1 aromatic rings. The fourth-order valence-electron chi connectivity index (χ4n) is 1.36. The molecule has 1 fully saturated rings. The van der Waals surface area contributed by atoms with Gasteiger partial charge in [-0.05, 0) is 18.6 Å². The summed E-state index contributed by atoms with van der Waals surface area (Å²) in [5.41, 5.74) is 0. The van der Waals surface area contributed by atoms with Crippen LogP contribution >= 0.6 is 23.4 Å². The van der Waals surface area contributed by atoms with Crippen molar-refractivity contribution in [3.63, 3.8) is 0 Å². The summed E-state index contributed by atoms with van der Waals surface area (Å²) in [6, 6.07) is 3.49. The number of hydrogen-bond donors (Lipinski definition) is 1. The van der Waals surface area contributed by atoms with E-state index in [1.165, 1.54) is 18.0 Å². The number of carbonyl (C=O) groups is 2. The molecule has 2 heterocycles. The van der Waals surface area contributed by atoms with Crippen LogP contribution in [0.4, 0.5) is 0 Å². The molecule has 1 N–H and O–H groups in total. The highest BCUT2D eigenvalue weighted by molar-refractivity contribution is 8.00. The first kappa shape index (κ1) is 11.4. The number of amides is 2. The van der Waals surface area contributed by atoms with E-state index >= 15 is 0 Å². The van der Waals surface area contributed by atoms with Gasteiger partial charge in [-0.2, -0.15) is 0 Å². The Morgan fingerprint density at radius 1 is 1.44 bits per heavy atom. The number of piperidine rings is 1. The molecule has 1 aliphatic rings. The third-order valence-electron chi connectivity index (χ3n) is 2.15. The number of nitrogens with one attached hydrogen (secondary N) is 1. The van der Waals surface area contributed by atoms with E-state index in [-0.39, 0.29) is 17.1 Å². The first-order valence-electron chi connectivity index (χ1n) is 4.77. The highest BCUT2D eigenvalue weighted by Crippen LogP contribution is 2.27. The quantitative estimate of drug-likeness (QED) is 0.817. The zero-order valence-corrected chi connectivity index (χ0v) is 9.85. The van der Waals surface area contributed by atoms with Gasteiger partial charge < -0.3 is 0 Å². The molecule has 2 rings (SSSR count). The lowest BCUT2D eigenvalue weighted by Gasteiger charge is -2.19. The van der Waals surface area contributed by atoms with Crippen molar-refractivity contribution in [1.29, 1.82) is 0 Å². The van der Waals surface area contributed by atoms with Crippen molar-refractivity contribution in [3.8, 4) is 0 Å². The molecule has 0 aliphatic carbocycles. The molecule has 0 saturated carbocycles. The van der Waals surface area contributed by atoms with Crippen molar-refractivity contribution in [2.24, 2.45) is 0 Å². The van der Waals surface area contributed by atoms with E-state index < -0.39 is 0 Å². The second-order valence-electron chi connectivity index (χ2n) is 3.37. The van der Waals surface area contributed by atoms with Crippen molar-refractivity contribution in [2.45, 2.75) is 23.1 Å². The Balaban J connectivity index is 2.02.